The molecular weight excluding hydrogens is 1090 g/mol. The van der Waals surface area contributed by atoms with Crippen molar-refractivity contribution in [3.8, 4) is 33.3 Å². The Bertz CT molecular complexity index is 3320. The van der Waals surface area contributed by atoms with Crippen molar-refractivity contribution in [2.45, 2.75) is 110 Å². The van der Waals surface area contributed by atoms with Crippen LogP contribution >= 0.6 is 22.9 Å². The number of piperidine rings is 1. The quantitative estimate of drug-likeness (QED) is 0.0445. The van der Waals surface area contributed by atoms with Gasteiger partial charge in [0.05, 0.1) is 52.6 Å². The first-order chi connectivity index (χ1) is 39.2. The van der Waals surface area contributed by atoms with Gasteiger partial charge in [-0.25, -0.2) is 9.37 Å². The Morgan fingerprint density at radius 1 is 0.951 bits per heavy atom. The number of amides is 4. The Balaban J connectivity index is 0.760. The van der Waals surface area contributed by atoms with Gasteiger partial charge in [0.25, 0.3) is 0 Å². The largest absolute Gasteiger partial charge is 0.508 e. The van der Waals surface area contributed by atoms with E-state index in [1.165, 1.54) is 17.0 Å². The van der Waals surface area contributed by atoms with Crippen LogP contribution in [0.15, 0.2) is 84.9 Å². The van der Waals surface area contributed by atoms with Crippen molar-refractivity contribution in [1.82, 2.24) is 40.3 Å². The van der Waals surface area contributed by atoms with E-state index in [1.807, 2.05) is 107 Å². The molecule has 0 bridgehead atoms. The van der Waals surface area contributed by atoms with Crippen LogP contribution in [0.3, 0.4) is 0 Å². The van der Waals surface area contributed by atoms with Crippen LogP contribution in [0.1, 0.15) is 78.1 Å². The molecule has 6 aromatic rings. The zero-order valence-electron chi connectivity index (χ0n) is 47.5. The van der Waals surface area contributed by atoms with Gasteiger partial charge in [0.15, 0.2) is 5.82 Å². The van der Waals surface area contributed by atoms with Gasteiger partial charge in [-0.1, -0.05) is 87.5 Å². The molecule has 5 heterocycles. The lowest BCUT2D eigenvalue weighted by atomic mass is 9.85. The van der Waals surface area contributed by atoms with Crippen molar-refractivity contribution in [2.24, 2.45) is 5.41 Å². The average Bonchev–Trinajstić information content (AvgIpc) is 4.06. The zero-order chi connectivity index (χ0) is 58.6. The maximum Gasteiger partial charge on any atom is 0.319 e. The number of phenols is 1. The summed E-state index contributed by atoms with van der Waals surface area (Å²) < 4.78 is 35.5. The molecule has 6 atom stereocenters. The Morgan fingerprint density at radius 3 is 2.39 bits per heavy atom. The number of anilines is 1. The maximum atomic E-state index is 17.2. The van der Waals surface area contributed by atoms with Crippen LogP contribution in [-0.4, -0.2) is 166 Å². The lowest BCUT2D eigenvalue weighted by molar-refractivity contribution is -0.144. The number of halogens is 2. The summed E-state index contributed by atoms with van der Waals surface area (Å²) in [5, 5.41) is 29.2. The van der Waals surface area contributed by atoms with Crippen LogP contribution in [0, 0.1) is 18.2 Å². The third-order valence-electron chi connectivity index (χ3n) is 15.6. The number of aliphatic hydroxyl groups excluding tert-OH is 1. The van der Waals surface area contributed by atoms with Crippen molar-refractivity contribution in [1.29, 1.82) is 0 Å². The fourth-order valence-corrected chi connectivity index (χ4v) is 12.4. The molecule has 0 radical (unpaired) electrons. The number of aromatic hydroxyl groups is 1. The van der Waals surface area contributed by atoms with E-state index in [9.17, 15) is 29.4 Å². The number of nitrogens with zero attached hydrogens (tertiary/aromatic N) is 7. The van der Waals surface area contributed by atoms with Gasteiger partial charge in [0, 0.05) is 69.2 Å². The fourth-order valence-electron chi connectivity index (χ4n) is 11.3. The molecule has 3 aliphatic heterocycles. The van der Waals surface area contributed by atoms with E-state index in [2.05, 4.69) is 32.1 Å². The van der Waals surface area contributed by atoms with E-state index in [0.29, 0.717) is 66.8 Å². The molecule has 4 amide bonds. The summed E-state index contributed by atoms with van der Waals surface area (Å²) in [5.41, 5.74) is 4.45. The van der Waals surface area contributed by atoms with Crippen LogP contribution in [0.25, 0.3) is 43.2 Å². The summed E-state index contributed by atoms with van der Waals surface area (Å²) in [5.74, 6) is -1.82. The number of likely N-dealkylation sites (tertiary alicyclic amines) is 2. The van der Waals surface area contributed by atoms with Crippen molar-refractivity contribution >= 4 is 74.1 Å². The number of hydrogen-bond acceptors (Lipinski definition) is 15. The van der Waals surface area contributed by atoms with Gasteiger partial charge in [-0.05, 0) is 97.7 Å². The number of hydrogen-bond donors (Lipinski definition) is 4. The summed E-state index contributed by atoms with van der Waals surface area (Å²) in [6.07, 6.45) is 1.49. The molecule has 0 unspecified atom stereocenters. The standard InChI is InChI=1S/C61H73ClFN9O9S/c1-9-51(76)71-23-22-70(30-35(71)2)57-47-29-48(62)52(46-27-42(73)26-41-12-10-11-13-45(41)46)53(63)54(47)67-60(68-57)81-36(3)31-69-20-18-44(19-21-69)80-25-24-79-33-50(75)66-56(61(6,7)8)59(78)72-32-43(74)28-49(72)58(77)65-37(4)39-14-16-40(17-15-39)55-38(5)64-34-82-55/h9-17,26-27,29,34-37,43-44,49,56,73-74H,1,18-25,28,30-33H2,2-8H3,(H,65,77)(H,66,75)/t35-,36-,37+,43-,49+,56-/m1/s1. The number of ether oxygens (including phenoxy) is 3. The molecule has 3 fully saturated rings. The number of aromatic nitrogens is 3. The van der Waals surface area contributed by atoms with Crippen LogP contribution < -0.4 is 20.3 Å². The summed E-state index contributed by atoms with van der Waals surface area (Å²) in [6, 6.07) is 17.5. The first-order valence-corrected chi connectivity index (χ1v) is 29.2. The molecule has 9 rings (SSSR count). The van der Waals surface area contributed by atoms with Gasteiger partial charge >= 0.3 is 6.01 Å². The number of thiazole rings is 1. The maximum absolute atomic E-state index is 17.2. The van der Waals surface area contributed by atoms with Gasteiger partial charge in [-0.2, -0.15) is 9.97 Å². The van der Waals surface area contributed by atoms with Crippen molar-refractivity contribution in [2.75, 3.05) is 70.5 Å². The molecule has 3 saturated heterocycles. The summed E-state index contributed by atoms with van der Waals surface area (Å²) in [7, 11) is 0. The van der Waals surface area contributed by atoms with E-state index >= 15 is 4.39 Å². The lowest BCUT2D eigenvalue weighted by Gasteiger charge is -2.40. The van der Waals surface area contributed by atoms with E-state index in [-0.39, 0.29) is 90.7 Å². The predicted octanol–water partition coefficient (Wildman–Crippen LogP) is 8.24. The van der Waals surface area contributed by atoms with Crippen molar-refractivity contribution < 1.29 is 48.0 Å². The number of rotatable bonds is 19. The third kappa shape index (κ3) is 13.6. The minimum absolute atomic E-state index is 0.00506. The smallest absolute Gasteiger partial charge is 0.319 e. The highest BCUT2D eigenvalue weighted by atomic mass is 35.5. The fraction of sp³-hybridized carbons (Fsp3) is 0.459. The Labute approximate surface area is 486 Å². The van der Waals surface area contributed by atoms with Crippen LogP contribution in [-0.2, 0) is 28.7 Å². The topological polar surface area (TPSA) is 212 Å². The SMILES string of the molecule is C=CC(=O)N1CCN(c2nc(O[C@H](C)CN3CCC(OCCOCC(=O)N[C@H](C(=O)N4C[C@H](O)C[C@H]4C(=O)N[C@@H](C)c4ccc(-c5scnc5C)cc4)C(C)(C)C)CC3)nc3c(F)c(-c4cc(O)cc5ccccc45)c(Cl)cc23)C[C@H]1C. The summed E-state index contributed by atoms with van der Waals surface area (Å²) in [4.78, 5) is 76.2. The first kappa shape index (κ1) is 59.8. The van der Waals surface area contributed by atoms with Crippen LogP contribution in [0.5, 0.6) is 11.8 Å². The first-order valence-electron chi connectivity index (χ1n) is 27.9. The highest BCUT2D eigenvalue weighted by Crippen LogP contribution is 2.43. The number of nitrogens with one attached hydrogen (secondary N) is 2. The normalized spacial score (nSPS) is 19.3. The van der Waals surface area contributed by atoms with E-state index in [4.69, 9.17) is 30.8 Å². The second-order valence-corrected chi connectivity index (χ2v) is 24.0. The molecule has 0 aliphatic carbocycles. The van der Waals surface area contributed by atoms with Gasteiger partial charge in [0.2, 0.25) is 23.6 Å². The highest BCUT2D eigenvalue weighted by molar-refractivity contribution is 7.13. The van der Waals surface area contributed by atoms with Gasteiger partial charge < -0.3 is 49.8 Å². The van der Waals surface area contributed by atoms with E-state index in [1.54, 1.807) is 28.4 Å². The minimum Gasteiger partial charge on any atom is -0.508 e. The van der Waals surface area contributed by atoms with Gasteiger partial charge in [-0.15, -0.1) is 11.3 Å². The zero-order valence-corrected chi connectivity index (χ0v) is 49.1. The molecule has 436 valence electrons. The molecule has 4 aromatic carbocycles. The Hall–Kier alpha value is -6.81. The molecule has 2 aromatic heterocycles. The lowest BCUT2D eigenvalue weighted by Crippen LogP contribution is -2.58. The molecule has 18 nitrogen and oxygen atoms in total. The van der Waals surface area contributed by atoms with Crippen molar-refractivity contribution in [3.63, 3.8) is 0 Å². The number of benzene rings is 4. The minimum atomic E-state index is -1.00. The number of β-amino-alcohol motifs (C(OH)–C–C–N with tert-alkyl or cyclic N) is 1. The molecule has 0 spiro atoms. The number of fused-ring (bicyclic) bond motifs is 2. The number of aliphatic hydroxyl groups is 1. The molecule has 3 aliphatic rings. The Morgan fingerprint density at radius 2 is 1.70 bits per heavy atom. The number of carbonyl (C=O) groups excluding carboxylic acids is 4. The second-order valence-electron chi connectivity index (χ2n) is 22.8. The van der Waals surface area contributed by atoms with Gasteiger partial charge in [0.1, 0.15) is 41.9 Å². The molecule has 82 heavy (non-hydrogen) atoms. The number of phenolic OH excluding ortho intramolecular Hbond substituents is 1. The number of carbonyl (C=O) groups is 4. The molecule has 0 saturated carbocycles. The highest BCUT2D eigenvalue weighted by Gasteiger charge is 2.45. The van der Waals surface area contributed by atoms with Gasteiger partial charge in [-0.3, -0.25) is 24.1 Å². The van der Waals surface area contributed by atoms with Crippen molar-refractivity contribution in [3.05, 3.63) is 107 Å². The number of aryl methyl sites for hydroxylation is 1. The van der Waals surface area contributed by atoms with Crippen LogP contribution in [0.4, 0.5) is 10.2 Å². The molecule has 4 N–H and O–H groups in total. The van der Waals surface area contributed by atoms with E-state index < -0.39 is 47.3 Å². The molecule has 21 heteroatoms. The molecular formula is C61H73ClFN9O9S. The third-order valence-corrected chi connectivity index (χ3v) is 16.8. The number of piperazine rings is 1. The predicted molar refractivity (Wildman–Crippen MR) is 315 cm³/mol. The Kier molecular flexibility index (Phi) is 18.8. The summed E-state index contributed by atoms with van der Waals surface area (Å²) in [6.45, 7) is 20.0. The van der Waals surface area contributed by atoms with Crippen LogP contribution in [0.2, 0.25) is 5.02 Å². The summed E-state index contributed by atoms with van der Waals surface area (Å²) >= 11 is 8.53. The average molecular weight is 1160 g/mol. The van der Waals surface area contributed by atoms with E-state index in [0.717, 1.165) is 34.5 Å². The monoisotopic (exact) mass is 1160 g/mol. The second kappa shape index (κ2) is 25.8.